The van der Waals surface area contributed by atoms with Crippen LogP contribution in [0.1, 0.15) is 28.0 Å². The highest BCUT2D eigenvalue weighted by atomic mass is 127. The molecular weight excluding hydrogens is 307 g/mol. The van der Waals surface area contributed by atoms with Crippen LogP contribution in [0.4, 0.5) is 8.78 Å². The number of carbonyl (C=O) groups is 1. The van der Waals surface area contributed by atoms with Gasteiger partial charge in [0.2, 0.25) is 0 Å². The van der Waals surface area contributed by atoms with Gasteiger partial charge in [-0.3, -0.25) is 0 Å². The van der Waals surface area contributed by atoms with Gasteiger partial charge in [-0.1, -0.05) is 0 Å². The first-order valence-electron chi connectivity index (χ1n) is 3.62. The first-order valence-corrected chi connectivity index (χ1v) is 4.70. The molecule has 1 rings (SSSR count). The van der Waals surface area contributed by atoms with Gasteiger partial charge in [0.1, 0.15) is 9.39 Å². The zero-order chi connectivity index (χ0) is 10.9. The average Bonchev–Trinajstić information content (AvgIpc) is 2.07. The van der Waals surface area contributed by atoms with E-state index in [0.29, 0.717) is 0 Å². The molecule has 0 fully saturated rings. The van der Waals surface area contributed by atoms with E-state index < -0.39 is 18.1 Å². The Kier molecular flexibility index (Phi) is 3.35. The molecule has 0 saturated carbocycles. The number of alkyl halides is 2. The van der Waals surface area contributed by atoms with Crippen molar-refractivity contribution in [2.75, 3.05) is 0 Å². The number of nitrogens with zero attached hydrogens (tertiary/aromatic N) is 1. The smallest absolute Gasteiger partial charge is 0.336 e. The molecule has 1 N–H and O–H groups in total. The summed E-state index contributed by atoms with van der Waals surface area (Å²) in [5.74, 6) is -1.22. The largest absolute Gasteiger partial charge is 0.478 e. The lowest BCUT2D eigenvalue weighted by Gasteiger charge is -2.07. The molecule has 0 bridgehead atoms. The van der Waals surface area contributed by atoms with E-state index in [1.54, 1.807) is 22.6 Å². The quantitative estimate of drug-likeness (QED) is 0.674. The first-order chi connectivity index (χ1) is 6.43. The van der Waals surface area contributed by atoms with Gasteiger partial charge in [-0.05, 0) is 41.1 Å². The topological polar surface area (TPSA) is 50.2 Å². The molecule has 3 nitrogen and oxygen atoms in total. The lowest BCUT2D eigenvalue weighted by atomic mass is 10.1. The summed E-state index contributed by atoms with van der Waals surface area (Å²) >= 11 is 1.71. The number of carboxylic acids is 1. The van der Waals surface area contributed by atoms with Crippen LogP contribution in [-0.2, 0) is 0 Å². The van der Waals surface area contributed by atoms with Gasteiger partial charge >= 0.3 is 5.97 Å². The van der Waals surface area contributed by atoms with E-state index in [2.05, 4.69) is 4.98 Å². The second kappa shape index (κ2) is 4.16. The Balaban J connectivity index is 3.40. The first kappa shape index (κ1) is 11.3. The fourth-order valence-corrected chi connectivity index (χ4v) is 1.60. The zero-order valence-corrected chi connectivity index (χ0v) is 9.25. The SMILES string of the molecule is Cc1c(C(=O)O)cc(I)nc1C(F)F. The number of pyridine rings is 1. The molecule has 0 aliphatic rings. The Morgan fingerprint density at radius 3 is 2.64 bits per heavy atom. The summed E-state index contributed by atoms with van der Waals surface area (Å²) in [6.07, 6.45) is -2.75. The van der Waals surface area contributed by atoms with E-state index >= 15 is 0 Å². The molecule has 0 saturated heterocycles. The maximum absolute atomic E-state index is 12.4. The van der Waals surface area contributed by atoms with Gasteiger partial charge in [-0.15, -0.1) is 0 Å². The molecule has 0 spiro atoms. The Morgan fingerprint density at radius 1 is 1.64 bits per heavy atom. The van der Waals surface area contributed by atoms with Crippen LogP contribution < -0.4 is 0 Å². The minimum absolute atomic E-state index is 0.0212. The molecule has 0 aliphatic carbocycles. The summed E-state index contributed by atoms with van der Waals surface area (Å²) < 4.78 is 25.0. The maximum atomic E-state index is 12.4. The standard InChI is InChI=1S/C8H6F2INO2/c1-3-4(8(13)14)2-5(11)12-6(3)7(9)10/h2,7H,1H3,(H,13,14). The van der Waals surface area contributed by atoms with Gasteiger partial charge < -0.3 is 5.11 Å². The fourth-order valence-electron chi connectivity index (χ4n) is 1.03. The highest BCUT2D eigenvalue weighted by Gasteiger charge is 2.19. The van der Waals surface area contributed by atoms with E-state index in [-0.39, 0.29) is 14.8 Å². The van der Waals surface area contributed by atoms with E-state index in [1.165, 1.54) is 13.0 Å². The van der Waals surface area contributed by atoms with Crippen molar-refractivity contribution >= 4 is 28.6 Å². The normalized spacial score (nSPS) is 10.6. The molecule has 1 aromatic heterocycles. The van der Waals surface area contributed by atoms with Crippen LogP contribution in [-0.4, -0.2) is 16.1 Å². The molecule has 0 unspecified atom stereocenters. The number of rotatable bonds is 2. The molecule has 0 atom stereocenters. The van der Waals surface area contributed by atoms with Crippen LogP contribution in [0.5, 0.6) is 0 Å². The third-order valence-electron chi connectivity index (χ3n) is 1.72. The minimum Gasteiger partial charge on any atom is -0.478 e. The van der Waals surface area contributed by atoms with Crippen LogP contribution in [0.2, 0.25) is 0 Å². The number of aromatic carboxylic acids is 1. The fraction of sp³-hybridized carbons (Fsp3) is 0.250. The second-order valence-electron chi connectivity index (χ2n) is 2.61. The highest BCUT2D eigenvalue weighted by molar-refractivity contribution is 14.1. The van der Waals surface area contributed by atoms with Gasteiger partial charge in [0.05, 0.1) is 5.56 Å². The summed E-state index contributed by atoms with van der Waals surface area (Å²) in [5, 5.41) is 8.72. The third kappa shape index (κ3) is 2.17. The number of aromatic nitrogens is 1. The molecule has 76 valence electrons. The molecular formula is C8H6F2INO2. The lowest BCUT2D eigenvalue weighted by molar-refractivity contribution is 0.0695. The summed E-state index contributed by atoms with van der Waals surface area (Å²) in [6.45, 7) is 1.33. The van der Waals surface area contributed by atoms with Crippen LogP contribution in [0, 0.1) is 10.6 Å². The van der Waals surface area contributed by atoms with E-state index in [0.717, 1.165) is 0 Å². The summed E-state index contributed by atoms with van der Waals surface area (Å²) in [7, 11) is 0. The second-order valence-corrected chi connectivity index (χ2v) is 3.71. The van der Waals surface area contributed by atoms with Gasteiger partial charge in [0.15, 0.2) is 0 Å². The van der Waals surface area contributed by atoms with E-state index in [4.69, 9.17) is 5.11 Å². The van der Waals surface area contributed by atoms with Crippen molar-refractivity contribution in [3.05, 3.63) is 26.6 Å². The van der Waals surface area contributed by atoms with Crippen molar-refractivity contribution < 1.29 is 18.7 Å². The van der Waals surface area contributed by atoms with Crippen LogP contribution in [0.3, 0.4) is 0 Å². The molecule has 1 heterocycles. The van der Waals surface area contributed by atoms with Crippen molar-refractivity contribution in [3.8, 4) is 0 Å². The molecule has 0 radical (unpaired) electrons. The summed E-state index contributed by atoms with van der Waals surface area (Å²) in [4.78, 5) is 14.3. The van der Waals surface area contributed by atoms with Crippen molar-refractivity contribution in [2.45, 2.75) is 13.3 Å². The Labute approximate surface area is 92.3 Å². The molecule has 14 heavy (non-hydrogen) atoms. The number of hydrogen-bond acceptors (Lipinski definition) is 2. The van der Waals surface area contributed by atoms with Crippen LogP contribution in [0.15, 0.2) is 6.07 Å². The molecule has 0 aromatic carbocycles. The van der Waals surface area contributed by atoms with Gasteiger partial charge in [-0.25, -0.2) is 18.6 Å². The maximum Gasteiger partial charge on any atom is 0.336 e. The van der Waals surface area contributed by atoms with Crippen molar-refractivity contribution in [3.63, 3.8) is 0 Å². The number of hydrogen-bond donors (Lipinski definition) is 1. The van der Waals surface area contributed by atoms with Crippen molar-refractivity contribution in [1.82, 2.24) is 4.98 Å². The molecule has 1 aromatic rings. The Morgan fingerprint density at radius 2 is 2.21 bits per heavy atom. The third-order valence-corrected chi connectivity index (χ3v) is 2.27. The summed E-state index contributed by atoms with van der Waals surface area (Å²) in [5.41, 5.74) is -0.568. The molecule has 0 amide bonds. The number of halogens is 3. The van der Waals surface area contributed by atoms with Crippen LogP contribution >= 0.6 is 22.6 Å². The summed E-state index contributed by atoms with van der Waals surface area (Å²) in [6, 6.07) is 1.27. The highest BCUT2D eigenvalue weighted by Crippen LogP contribution is 2.24. The van der Waals surface area contributed by atoms with Crippen molar-refractivity contribution in [1.29, 1.82) is 0 Å². The predicted octanol–water partition coefficient (Wildman–Crippen LogP) is 2.63. The van der Waals surface area contributed by atoms with E-state index in [1.807, 2.05) is 0 Å². The predicted molar refractivity (Wildman–Crippen MR) is 53.6 cm³/mol. The van der Waals surface area contributed by atoms with Crippen molar-refractivity contribution in [2.24, 2.45) is 0 Å². The number of carboxylic acid groups (broad SMARTS) is 1. The Hall–Kier alpha value is -0.790. The monoisotopic (exact) mass is 313 g/mol. The Bertz CT molecular complexity index is 382. The van der Waals surface area contributed by atoms with Gasteiger partial charge in [-0.2, -0.15) is 0 Å². The average molecular weight is 313 g/mol. The minimum atomic E-state index is -2.75. The van der Waals surface area contributed by atoms with E-state index in [9.17, 15) is 13.6 Å². The molecule has 6 heteroatoms. The molecule has 0 aliphatic heterocycles. The van der Waals surface area contributed by atoms with Gasteiger partial charge in [0, 0.05) is 0 Å². The van der Waals surface area contributed by atoms with Crippen LogP contribution in [0.25, 0.3) is 0 Å². The lowest BCUT2D eigenvalue weighted by Crippen LogP contribution is -2.06. The van der Waals surface area contributed by atoms with Gasteiger partial charge in [0.25, 0.3) is 6.43 Å². The zero-order valence-electron chi connectivity index (χ0n) is 7.09.